The van der Waals surface area contributed by atoms with Crippen molar-refractivity contribution in [3.05, 3.63) is 35.6 Å². The maximum Gasteiger partial charge on any atom is 0.253 e. The van der Waals surface area contributed by atoms with Gasteiger partial charge in [-0.25, -0.2) is 4.39 Å². The first-order chi connectivity index (χ1) is 11.6. The first-order valence-corrected chi connectivity index (χ1v) is 8.69. The Morgan fingerprint density at radius 1 is 1.28 bits per heavy atom. The van der Waals surface area contributed by atoms with Crippen LogP contribution in [-0.2, 0) is 4.79 Å². The standard InChI is InChI=1S/C18H24FN3O2.ClH/c19-15-6-1-5-14(10-15)18(24)22-9-3-4-13(12-22)11-21-17(23)16-7-2-8-20-16;/h1,5-6,10,13,16,20H,2-4,7-9,11-12H2,(H,21,23);1H. The molecule has 1 aromatic rings. The van der Waals surface area contributed by atoms with Crippen molar-refractivity contribution in [3.63, 3.8) is 0 Å². The number of carbonyl (C=O) groups is 2. The first-order valence-electron chi connectivity index (χ1n) is 8.69. The van der Waals surface area contributed by atoms with E-state index in [1.54, 1.807) is 17.0 Å². The lowest BCUT2D eigenvalue weighted by molar-refractivity contribution is -0.123. The Bertz CT molecular complexity index is 608. The van der Waals surface area contributed by atoms with Crippen molar-refractivity contribution in [1.29, 1.82) is 0 Å². The van der Waals surface area contributed by atoms with Crippen molar-refractivity contribution in [2.24, 2.45) is 5.92 Å². The normalized spacial score (nSPS) is 23.0. The van der Waals surface area contributed by atoms with E-state index >= 15 is 0 Å². The highest BCUT2D eigenvalue weighted by atomic mass is 35.5. The minimum absolute atomic E-state index is 0. The second-order valence-corrected chi connectivity index (χ2v) is 6.66. The number of rotatable bonds is 4. The molecule has 0 aromatic heterocycles. The monoisotopic (exact) mass is 369 g/mol. The average molecular weight is 370 g/mol. The Hall–Kier alpha value is -1.66. The molecule has 0 aliphatic carbocycles. The molecule has 3 rings (SSSR count). The van der Waals surface area contributed by atoms with Crippen LogP contribution in [0.2, 0.25) is 0 Å². The number of halogens is 2. The van der Waals surface area contributed by atoms with Crippen LogP contribution < -0.4 is 10.6 Å². The van der Waals surface area contributed by atoms with Gasteiger partial charge in [-0.1, -0.05) is 6.07 Å². The molecular weight excluding hydrogens is 345 g/mol. The van der Waals surface area contributed by atoms with Crippen LogP contribution in [0.15, 0.2) is 24.3 Å². The largest absolute Gasteiger partial charge is 0.354 e. The predicted octanol–water partition coefficient (Wildman–Crippen LogP) is 1.97. The van der Waals surface area contributed by atoms with Gasteiger partial charge in [-0.3, -0.25) is 9.59 Å². The number of hydrogen-bond acceptors (Lipinski definition) is 3. The Morgan fingerprint density at radius 2 is 2.12 bits per heavy atom. The number of benzene rings is 1. The molecular formula is C18H25ClFN3O2. The SMILES string of the molecule is Cl.O=C(NCC1CCCN(C(=O)c2cccc(F)c2)C1)C1CCCN1. The summed E-state index contributed by atoms with van der Waals surface area (Å²) in [6, 6.07) is 5.74. The molecule has 2 atom stereocenters. The maximum absolute atomic E-state index is 13.3. The minimum Gasteiger partial charge on any atom is -0.354 e. The quantitative estimate of drug-likeness (QED) is 0.853. The van der Waals surface area contributed by atoms with Gasteiger partial charge in [0.2, 0.25) is 5.91 Å². The van der Waals surface area contributed by atoms with Crippen molar-refractivity contribution in [2.75, 3.05) is 26.2 Å². The number of nitrogens with one attached hydrogen (secondary N) is 2. The average Bonchev–Trinajstić information content (AvgIpc) is 3.14. The van der Waals surface area contributed by atoms with E-state index in [0.717, 1.165) is 32.2 Å². The van der Waals surface area contributed by atoms with E-state index in [-0.39, 0.29) is 36.2 Å². The highest BCUT2D eigenvalue weighted by Crippen LogP contribution is 2.19. The molecule has 2 fully saturated rings. The minimum atomic E-state index is -0.397. The van der Waals surface area contributed by atoms with Crippen molar-refractivity contribution < 1.29 is 14.0 Å². The second-order valence-electron chi connectivity index (χ2n) is 6.66. The van der Waals surface area contributed by atoms with Crippen LogP contribution in [0.5, 0.6) is 0 Å². The van der Waals surface area contributed by atoms with Gasteiger partial charge in [0.25, 0.3) is 5.91 Å². The molecule has 0 spiro atoms. The second kappa shape index (κ2) is 9.15. The molecule has 2 aliphatic rings. The molecule has 2 heterocycles. The van der Waals surface area contributed by atoms with E-state index in [0.29, 0.717) is 25.2 Å². The molecule has 0 radical (unpaired) electrons. The molecule has 25 heavy (non-hydrogen) atoms. The van der Waals surface area contributed by atoms with Gasteiger partial charge in [-0.2, -0.15) is 0 Å². The molecule has 0 bridgehead atoms. The van der Waals surface area contributed by atoms with Crippen molar-refractivity contribution >= 4 is 24.2 Å². The Morgan fingerprint density at radius 3 is 2.84 bits per heavy atom. The summed E-state index contributed by atoms with van der Waals surface area (Å²) >= 11 is 0. The lowest BCUT2D eigenvalue weighted by atomic mass is 9.97. The molecule has 5 nitrogen and oxygen atoms in total. The highest BCUT2D eigenvalue weighted by molar-refractivity contribution is 5.94. The summed E-state index contributed by atoms with van der Waals surface area (Å²) in [6.07, 6.45) is 3.83. The molecule has 0 saturated carbocycles. The molecule has 7 heteroatoms. The van der Waals surface area contributed by atoms with Crippen LogP contribution >= 0.6 is 12.4 Å². The van der Waals surface area contributed by atoms with E-state index in [4.69, 9.17) is 0 Å². The van der Waals surface area contributed by atoms with E-state index in [1.165, 1.54) is 12.1 Å². The first kappa shape index (κ1) is 19.7. The Kier molecular flexibility index (Phi) is 7.20. The van der Waals surface area contributed by atoms with Gasteiger partial charge >= 0.3 is 0 Å². The van der Waals surface area contributed by atoms with E-state index < -0.39 is 5.82 Å². The summed E-state index contributed by atoms with van der Waals surface area (Å²) in [6.45, 7) is 2.78. The fourth-order valence-electron chi connectivity index (χ4n) is 3.50. The fourth-order valence-corrected chi connectivity index (χ4v) is 3.50. The van der Waals surface area contributed by atoms with Crippen molar-refractivity contribution in [1.82, 2.24) is 15.5 Å². The molecule has 138 valence electrons. The van der Waals surface area contributed by atoms with Gasteiger partial charge < -0.3 is 15.5 Å². The predicted molar refractivity (Wildman–Crippen MR) is 96.3 cm³/mol. The number of hydrogen-bond donors (Lipinski definition) is 2. The van der Waals surface area contributed by atoms with Gasteiger partial charge in [-0.05, 0) is 56.3 Å². The fraction of sp³-hybridized carbons (Fsp3) is 0.556. The van der Waals surface area contributed by atoms with E-state index in [2.05, 4.69) is 10.6 Å². The summed E-state index contributed by atoms with van der Waals surface area (Å²) in [7, 11) is 0. The van der Waals surface area contributed by atoms with Crippen LogP contribution in [0.4, 0.5) is 4.39 Å². The zero-order valence-corrected chi connectivity index (χ0v) is 15.0. The highest BCUT2D eigenvalue weighted by Gasteiger charge is 2.27. The summed E-state index contributed by atoms with van der Waals surface area (Å²) in [4.78, 5) is 26.3. The van der Waals surface area contributed by atoms with Crippen molar-refractivity contribution in [3.8, 4) is 0 Å². The molecule has 2 N–H and O–H groups in total. The molecule has 2 saturated heterocycles. The Balaban J connectivity index is 0.00000225. The van der Waals surface area contributed by atoms with Crippen LogP contribution in [0.1, 0.15) is 36.0 Å². The van der Waals surface area contributed by atoms with Crippen LogP contribution in [0.25, 0.3) is 0 Å². The van der Waals surface area contributed by atoms with Gasteiger partial charge in [-0.15, -0.1) is 12.4 Å². The van der Waals surface area contributed by atoms with E-state index in [1.807, 2.05) is 0 Å². The molecule has 2 amide bonds. The molecule has 2 aliphatic heterocycles. The zero-order valence-electron chi connectivity index (χ0n) is 14.2. The lowest BCUT2D eigenvalue weighted by Crippen LogP contribution is -2.46. The number of likely N-dealkylation sites (tertiary alicyclic amines) is 1. The summed E-state index contributed by atoms with van der Waals surface area (Å²) < 4.78 is 13.3. The lowest BCUT2D eigenvalue weighted by Gasteiger charge is -2.33. The number of nitrogens with zero attached hydrogens (tertiary/aromatic N) is 1. The van der Waals surface area contributed by atoms with Crippen LogP contribution in [0.3, 0.4) is 0 Å². The van der Waals surface area contributed by atoms with Crippen LogP contribution in [0, 0.1) is 11.7 Å². The third-order valence-electron chi connectivity index (χ3n) is 4.82. The topological polar surface area (TPSA) is 61.4 Å². The molecule has 2 unspecified atom stereocenters. The van der Waals surface area contributed by atoms with Crippen molar-refractivity contribution in [2.45, 2.75) is 31.7 Å². The third-order valence-corrected chi connectivity index (χ3v) is 4.82. The third kappa shape index (κ3) is 5.16. The number of carbonyl (C=O) groups excluding carboxylic acids is 2. The summed E-state index contributed by atoms with van der Waals surface area (Å²) in [5.41, 5.74) is 0.384. The van der Waals surface area contributed by atoms with Gasteiger partial charge in [0.1, 0.15) is 5.82 Å². The number of piperidine rings is 1. The van der Waals surface area contributed by atoms with Gasteiger partial charge in [0.15, 0.2) is 0 Å². The van der Waals surface area contributed by atoms with E-state index in [9.17, 15) is 14.0 Å². The maximum atomic E-state index is 13.3. The molecule has 1 aromatic carbocycles. The Labute approximate surface area is 153 Å². The summed E-state index contributed by atoms with van der Waals surface area (Å²) in [5.74, 6) is -0.226. The summed E-state index contributed by atoms with van der Waals surface area (Å²) in [5, 5.41) is 6.19. The van der Waals surface area contributed by atoms with Crippen LogP contribution in [-0.4, -0.2) is 48.9 Å². The number of amides is 2. The smallest absolute Gasteiger partial charge is 0.253 e. The van der Waals surface area contributed by atoms with Gasteiger partial charge in [0.05, 0.1) is 6.04 Å². The zero-order chi connectivity index (χ0) is 16.9. The van der Waals surface area contributed by atoms with Gasteiger partial charge in [0, 0.05) is 25.2 Å².